The maximum atomic E-state index is 10.7. The minimum Gasteiger partial charge on any atom is -0.476 e. The van der Waals surface area contributed by atoms with Gasteiger partial charge in [0.05, 0.1) is 12.2 Å². The summed E-state index contributed by atoms with van der Waals surface area (Å²) in [5.74, 6) is -0.974. The Hall–Kier alpha value is -1.88. The Balaban J connectivity index is 2.04. The van der Waals surface area contributed by atoms with Crippen LogP contribution in [0.1, 0.15) is 26.6 Å². The fourth-order valence-electron chi connectivity index (χ4n) is 1.68. The third kappa shape index (κ3) is 2.87. The van der Waals surface area contributed by atoms with Crippen LogP contribution in [0.5, 0.6) is 0 Å². The van der Waals surface area contributed by atoms with Crippen LogP contribution in [0.15, 0.2) is 23.6 Å². The number of aromatic carboxylic acids is 1. The average Bonchev–Trinajstić information content (AvgIpc) is 2.76. The number of anilines is 1. The number of nitrogens with zero attached hydrogens (tertiary/aromatic N) is 1. The monoisotopic (exact) mass is 262 g/mol. The summed E-state index contributed by atoms with van der Waals surface area (Å²) in [5, 5.41) is 13.9. The molecule has 0 aliphatic rings. The van der Waals surface area contributed by atoms with Gasteiger partial charge in [0.2, 0.25) is 5.01 Å². The zero-order valence-corrected chi connectivity index (χ0v) is 11.0. The molecule has 0 saturated heterocycles. The lowest BCUT2D eigenvalue weighted by Crippen LogP contribution is -2.02. The van der Waals surface area contributed by atoms with Gasteiger partial charge in [0.25, 0.3) is 0 Å². The smallest absolute Gasteiger partial charge is 0.365 e. The van der Waals surface area contributed by atoms with E-state index in [1.54, 1.807) is 5.38 Å². The molecule has 0 aliphatic carbocycles. The fourth-order valence-corrected chi connectivity index (χ4v) is 2.34. The number of carboxylic acid groups (broad SMARTS) is 1. The molecule has 0 radical (unpaired) electrons. The molecular formula is C13H14N2O2S. The molecule has 0 unspecified atom stereocenters. The molecule has 4 nitrogen and oxygen atoms in total. The van der Waals surface area contributed by atoms with Crippen LogP contribution in [0.25, 0.3) is 0 Å². The number of hydrogen-bond donors (Lipinski definition) is 2. The minimum absolute atomic E-state index is 0.132. The topological polar surface area (TPSA) is 62.2 Å². The van der Waals surface area contributed by atoms with Crippen molar-refractivity contribution < 1.29 is 9.90 Å². The summed E-state index contributed by atoms with van der Waals surface area (Å²) in [6.07, 6.45) is 0. The van der Waals surface area contributed by atoms with E-state index >= 15 is 0 Å². The second-order valence-corrected chi connectivity index (χ2v) is 4.98. The van der Waals surface area contributed by atoms with Crippen molar-refractivity contribution in [1.29, 1.82) is 0 Å². The highest BCUT2D eigenvalue weighted by Gasteiger charge is 2.08. The molecule has 0 bridgehead atoms. The number of carboxylic acids is 1. The van der Waals surface area contributed by atoms with Gasteiger partial charge < -0.3 is 10.4 Å². The Kier molecular flexibility index (Phi) is 3.62. The SMILES string of the molecule is Cc1ccc(NCc2csc(C(=O)O)n2)c(C)c1. The molecule has 0 spiro atoms. The Labute approximate surface area is 109 Å². The van der Waals surface area contributed by atoms with Crippen molar-refractivity contribution in [2.45, 2.75) is 20.4 Å². The first kappa shape index (κ1) is 12.6. The number of nitrogens with one attached hydrogen (secondary N) is 1. The third-order valence-corrected chi connectivity index (χ3v) is 3.46. The molecule has 0 saturated carbocycles. The maximum Gasteiger partial charge on any atom is 0.365 e. The van der Waals surface area contributed by atoms with Crippen LogP contribution in [0.4, 0.5) is 5.69 Å². The lowest BCUT2D eigenvalue weighted by molar-refractivity contribution is 0.0696. The first-order valence-corrected chi connectivity index (χ1v) is 6.43. The molecular weight excluding hydrogens is 248 g/mol. The van der Waals surface area contributed by atoms with Gasteiger partial charge in [-0.15, -0.1) is 11.3 Å². The number of carbonyl (C=O) groups is 1. The number of aryl methyl sites for hydroxylation is 2. The lowest BCUT2D eigenvalue weighted by atomic mass is 10.1. The summed E-state index contributed by atoms with van der Waals surface area (Å²) >= 11 is 1.15. The Morgan fingerprint density at radius 2 is 2.22 bits per heavy atom. The van der Waals surface area contributed by atoms with E-state index in [4.69, 9.17) is 5.11 Å². The van der Waals surface area contributed by atoms with Crippen LogP contribution in [-0.4, -0.2) is 16.1 Å². The number of rotatable bonds is 4. The second-order valence-electron chi connectivity index (χ2n) is 4.12. The molecule has 2 aromatic rings. The van der Waals surface area contributed by atoms with Gasteiger partial charge in [0.1, 0.15) is 0 Å². The molecule has 18 heavy (non-hydrogen) atoms. The Morgan fingerprint density at radius 1 is 1.44 bits per heavy atom. The van der Waals surface area contributed by atoms with Gasteiger partial charge in [0.15, 0.2) is 0 Å². The maximum absolute atomic E-state index is 10.7. The zero-order valence-electron chi connectivity index (χ0n) is 10.2. The van der Waals surface area contributed by atoms with Gasteiger partial charge >= 0.3 is 5.97 Å². The first-order valence-electron chi connectivity index (χ1n) is 5.55. The van der Waals surface area contributed by atoms with E-state index in [-0.39, 0.29) is 5.01 Å². The van der Waals surface area contributed by atoms with Gasteiger partial charge in [-0.05, 0) is 25.5 Å². The summed E-state index contributed by atoms with van der Waals surface area (Å²) in [7, 11) is 0. The summed E-state index contributed by atoms with van der Waals surface area (Å²) in [6, 6.07) is 6.17. The third-order valence-electron chi connectivity index (χ3n) is 2.58. The van der Waals surface area contributed by atoms with Crippen LogP contribution in [0.3, 0.4) is 0 Å². The molecule has 0 atom stereocenters. The molecule has 1 aromatic heterocycles. The van der Waals surface area contributed by atoms with E-state index in [0.29, 0.717) is 6.54 Å². The van der Waals surface area contributed by atoms with E-state index in [1.807, 2.05) is 19.1 Å². The van der Waals surface area contributed by atoms with Crippen molar-refractivity contribution in [3.8, 4) is 0 Å². The summed E-state index contributed by atoms with van der Waals surface area (Å²) in [6.45, 7) is 4.63. The van der Waals surface area contributed by atoms with E-state index in [2.05, 4.69) is 23.3 Å². The van der Waals surface area contributed by atoms with E-state index < -0.39 is 5.97 Å². The van der Waals surface area contributed by atoms with Crippen LogP contribution in [0.2, 0.25) is 0 Å². The molecule has 94 valence electrons. The predicted octanol–water partition coefficient (Wildman–Crippen LogP) is 3.07. The number of thiazole rings is 1. The molecule has 2 rings (SSSR count). The molecule has 2 N–H and O–H groups in total. The van der Waals surface area contributed by atoms with Crippen molar-refractivity contribution in [3.05, 3.63) is 45.4 Å². The largest absolute Gasteiger partial charge is 0.476 e. The van der Waals surface area contributed by atoms with Gasteiger partial charge in [-0.1, -0.05) is 17.7 Å². The summed E-state index contributed by atoms with van der Waals surface area (Å²) < 4.78 is 0. The van der Waals surface area contributed by atoms with Crippen molar-refractivity contribution in [1.82, 2.24) is 4.98 Å². The van der Waals surface area contributed by atoms with Crippen LogP contribution >= 0.6 is 11.3 Å². The first-order chi connectivity index (χ1) is 8.56. The molecule has 0 aliphatic heterocycles. The van der Waals surface area contributed by atoms with Crippen molar-refractivity contribution in [2.24, 2.45) is 0 Å². The minimum atomic E-state index is -0.974. The van der Waals surface area contributed by atoms with Crippen LogP contribution in [-0.2, 0) is 6.54 Å². The van der Waals surface area contributed by atoms with E-state index in [9.17, 15) is 4.79 Å². The zero-order chi connectivity index (χ0) is 13.1. The summed E-state index contributed by atoms with van der Waals surface area (Å²) in [5.41, 5.74) is 4.19. The van der Waals surface area contributed by atoms with Crippen LogP contribution in [0, 0.1) is 13.8 Å². The number of aromatic nitrogens is 1. The van der Waals surface area contributed by atoms with Crippen molar-refractivity contribution in [2.75, 3.05) is 5.32 Å². The van der Waals surface area contributed by atoms with Gasteiger partial charge in [0, 0.05) is 11.1 Å². The average molecular weight is 262 g/mol. The summed E-state index contributed by atoms with van der Waals surface area (Å²) in [4.78, 5) is 14.7. The van der Waals surface area contributed by atoms with Gasteiger partial charge in [-0.3, -0.25) is 0 Å². The lowest BCUT2D eigenvalue weighted by Gasteiger charge is -2.08. The van der Waals surface area contributed by atoms with Crippen molar-refractivity contribution >= 4 is 23.0 Å². The highest BCUT2D eigenvalue weighted by atomic mass is 32.1. The van der Waals surface area contributed by atoms with Gasteiger partial charge in [-0.25, -0.2) is 9.78 Å². The van der Waals surface area contributed by atoms with E-state index in [1.165, 1.54) is 11.1 Å². The quantitative estimate of drug-likeness (QED) is 0.889. The van der Waals surface area contributed by atoms with Crippen LogP contribution < -0.4 is 5.32 Å². The molecule has 5 heteroatoms. The standard InChI is InChI=1S/C13H14N2O2S/c1-8-3-4-11(9(2)5-8)14-6-10-7-18-12(15-10)13(16)17/h3-5,7,14H,6H2,1-2H3,(H,16,17). The molecule has 0 amide bonds. The second kappa shape index (κ2) is 5.18. The van der Waals surface area contributed by atoms with Gasteiger partial charge in [-0.2, -0.15) is 0 Å². The normalized spacial score (nSPS) is 10.3. The Morgan fingerprint density at radius 3 is 2.83 bits per heavy atom. The van der Waals surface area contributed by atoms with E-state index in [0.717, 1.165) is 22.7 Å². The highest BCUT2D eigenvalue weighted by Crippen LogP contribution is 2.17. The predicted molar refractivity (Wildman–Crippen MR) is 72.3 cm³/mol. The van der Waals surface area contributed by atoms with Crippen molar-refractivity contribution in [3.63, 3.8) is 0 Å². The molecule has 0 fully saturated rings. The molecule has 1 heterocycles. The number of hydrogen-bond acceptors (Lipinski definition) is 4. The Bertz CT molecular complexity index is 578. The molecule has 1 aromatic carbocycles. The number of benzene rings is 1. The highest BCUT2D eigenvalue weighted by molar-refractivity contribution is 7.11. The fraction of sp³-hybridized carbons (Fsp3) is 0.231.